The Balaban J connectivity index is 0.000000444. The molecule has 1 aromatic carbocycles. The molecule has 0 aliphatic heterocycles. The number of ketones is 1. The molecule has 0 fully saturated rings. The number of thiophene rings is 1. The summed E-state index contributed by atoms with van der Waals surface area (Å²) in [4.78, 5) is 27.1. The number of rotatable bonds is 12. The van der Waals surface area contributed by atoms with Gasteiger partial charge in [-0.1, -0.05) is 69.2 Å². The Kier molecular flexibility index (Phi) is 15.8. The summed E-state index contributed by atoms with van der Waals surface area (Å²) >= 11 is 2.90. The van der Waals surface area contributed by atoms with E-state index in [2.05, 4.69) is 47.0 Å². The first-order valence-corrected chi connectivity index (χ1v) is 18.3. The monoisotopic (exact) mass is 893 g/mol. The molecular formula is C38H49F3IrN3O2S2-. The molecule has 0 spiro atoms. The standard InChI is InChI=1S/C25H25F3N3S2.C13H24O2.Ir/c1-13(2)19-21-23(20(30-12-31-21)16-8-14(3)7-15(4)9-16)33-22(19)17-11-29-18(32-17)10-24(5,6)25(26,27)28;1-5-10(6-2)12(14)9-13(15)11(7-3)8-4;/h7-8,11-13H,10H2,1-6H3;9-11,14H,5-8H2,1-4H3;/q-1;;/b;12-9-;. The van der Waals surface area contributed by atoms with Gasteiger partial charge in [0, 0.05) is 61.0 Å². The van der Waals surface area contributed by atoms with Crippen LogP contribution in [-0.2, 0) is 31.3 Å². The van der Waals surface area contributed by atoms with Gasteiger partial charge in [0.2, 0.25) is 0 Å². The molecule has 0 saturated heterocycles. The fourth-order valence-electron chi connectivity index (χ4n) is 5.62. The molecule has 0 atom stereocenters. The first kappa shape index (κ1) is 42.7. The quantitative estimate of drug-likeness (QED) is 0.0871. The summed E-state index contributed by atoms with van der Waals surface area (Å²) in [5, 5.41) is 10.2. The first-order valence-electron chi connectivity index (χ1n) is 16.7. The number of carbonyl (C=O) groups is 1. The van der Waals surface area contributed by atoms with E-state index < -0.39 is 11.6 Å². The number of hydrogen-bond donors (Lipinski definition) is 1. The zero-order chi connectivity index (χ0) is 36.0. The van der Waals surface area contributed by atoms with E-state index in [1.165, 1.54) is 31.3 Å². The van der Waals surface area contributed by atoms with Crippen LogP contribution in [0.1, 0.15) is 109 Å². The molecule has 1 radical (unpaired) electrons. The third kappa shape index (κ3) is 10.5. The van der Waals surface area contributed by atoms with Crippen LogP contribution in [0.3, 0.4) is 0 Å². The van der Waals surface area contributed by atoms with E-state index in [9.17, 15) is 23.1 Å². The summed E-state index contributed by atoms with van der Waals surface area (Å²) in [5.74, 6) is 0.725. The summed E-state index contributed by atoms with van der Waals surface area (Å²) in [6, 6.07) is 7.53. The van der Waals surface area contributed by atoms with Gasteiger partial charge in [-0.05, 0) is 37.2 Å². The van der Waals surface area contributed by atoms with Crippen LogP contribution in [0.2, 0.25) is 0 Å². The Morgan fingerprint density at radius 2 is 1.57 bits per heavy atom. The van der Waals surface area contributed by atoms with Crippen molar-refractivity contribution < 1.29 is 43.2 Å². The van der Waals surface area contributed by atoms with Gasteiger partial charge in [0.1, 0.15) is 6.33 Å². The van der Waals surface area contributed by atoms with Gasteiger partial charge in [0.15, 0.2) is 5.78 Å². The summed E-state index contributed by atoms with van der Waals surface area (Å²) < 4.78 is 41.1. The zero-order valence-corrected chi connectivity index (χ0v) is 34.2. The maximum atomic E-state index is 13.4. The minimum Gasteiger partial charge on any atom is -0.512 e. The topological polar surface area (TPSA) is 76.0 Å². The van der Waals surface area contributed by atoms with Gasteiger partial charge < -0.3 is 5.11 Å². The minimum absolute atomic E-state index is 0. The number of benzene rings is 1. The maximum Gasteiger partial charge on any atom is 0.394 e. The van der Waals surface area contributed by atoms with Crippen LogP contribution < -0.4 is 0 Å². The van der Waals surface area contributed by atoms with Gasteiger partial charge in [-0.3, -0.25) is 9.78 Å². The van der Waals surface area contributed by atoms with Crippen molar-refractivity contribution in [3.8, 4) is 21.0 Å². The molecule has 0 aliphatic carbocycles. The second kappa shape index (κ2) is 18.2. The van der Waals surface area contributed by atoms with Crippen LogP contribution in [0, 0.1) is 37.2 Å². The fraction of sp³-hybridized carbons (Fsp3) is 0.526. The Morgan fingerprint density at radius 3 is 2.10 bits per heavy atom. The molecular weight excluding hydrogens is 844 g/mol. The summed E-state index contributed by atoms with van der Waals surface area (Å²) in [6.07, 6.45) is 3.75. The molecule has 271 valence electrons. The van der Waals surface area contributed by atoms with Gasteiger partial charge in [-0.2, -0.15) is 13.2 Å². The number of aryl methyl sites for hydroxylation is 2. The summed E-state index contributed by atoms with van der Waals surface area (Å²) in [5.41, 5.74) is 4.04. The van der Waals surface area contributed by atoms with Crippen LogP contribution in [0.4, 0.5) is 13.2 Å². The number of carbonyl (C=O) groups excluding carboxylic acids is 1. The number of allylic oxidation sites excluding steroid dienone is 2. The van der Waals surface area contributed by atoms with Crippen molar-refractivity contribution in [2.24, 2.45) is 17.3 Å². The van der Waals surface area contributed by atoms with Crippen LogP contribution in [0.5, 0.6) is 0 Å². The van der Waals surface area contributed by atoms with Crippen molar-refractivity contribution >= 4 is 38.7 Å². The number of hydrogen-bond acceptors (Lipinski definition) is 7. The number of fused-ring (bicyclic) bond motifs is 1. The number of thiazole rings is 1. The average Bonchev–Trinajstić information content (AvgIpc) is 3.62. The number of halogens is 3. The molecule has 3 heterocycles. The van der Waals surface area contributed by atoms with Crippen molar-refractivity contribution in [1.82, 2.24) is 15.0 Å². The third-order valence-electron chi connectivity index (χ3n) is 8.71. The Hall–Kier alpha value is -2.46. The number of alkyl halides is 3. The van der Waals surface area contributed by atoms with E-state index in [1.807, 2.05) is 41.5 Å². The number of aliphatic hydroxyl groups excluding tert-OH is 1. The molecule has 49 heavy (non-hydrogen) atoms. The minimum atomic E-state index is -4.29. The van der Waals surface area contributed by atoms with Crippen LogP contribution in [-0.4, -0.2) is 32.0 Å². The predicted octanol–water partition coefficient (Wildman–Crippen LogP) is 12.0. The molecule has 0 amide bonds. The average molecular weight is 893 g/mol. The van der Waals surface area contributed by atoms with Gasteiger partial charge in [-0.25, -0.2) is 9.97 Å². The molecule has 0 saturated carbocycles. The van der Waals surface area contributed by atoms with E-state index >= 15 is 0 Å². The molecule has 3 aromatic heterocycles. The fourth-order valence-corrected chi connectivity index (χ4v) is 8.28. The van der Waals surface area contributed by atoms with Crippen molar-refractivity contribution in [3.05, 3.63) is 64.3 Å². The molecule has 5 nitrogen and oxygen atoms in total. The van der Waals surface area contributed by atoms with E-state index in [0.29, 0.717) is 5.01 Å². The molecule has 4 rings (SSSR count). The van der Waals surface area contributed by atoms with Crippen LogP contribution in [0.15, 0.2) is 36.5 Å². The third-order valence-corrected chi connectivity index (χ3v) is 11.1. The van der Waals surface area contributed by atoms with Crippen molar-refractivity contribution in [3.63, 3.8) is 0 Å². The van der Waals surface area contributed by atoms with Crippen LogP contribution >= 0.6 is 22.7 Å². The molecule has 0 bridgehead atoms. The van der Waals surface area contributed by atoms with Gasteiger partial charge in [-0.15, -0.1) is 57.6 Å². The Labute approximate surface area is 311 Å². The van der Waals surface area contributed by atoms with Crippen molar-refractivity contribution in [2.75, 3.05) is 0 Å². The number of aliphatic hydroxyl groups is 1. The molecule has 4 aromatic rings. The van der Waals surface area contributed by atoms with E-state index in [1.54, 1.807) is 23.9 Å². The van der Waals surface area contributed by atoms with Crippen LogP contribution in [0.25, 0.3) is 31.2 Å². The van der Waals surface area contributed by atoms with Gasteiger partial charge in [0.25, 0.3) is 0 Å². The summed E-state index contributed by atoms with van der Waals surface area (Å²) in [6.45, 7) is 18.8. The SMILES string of the molecule is CCC(CC)C(=O)/C=C(\O)C(CC)CC.Cc1[c-]c(-c2ncnc3c(C(C)C)c(-c4cnc(CC(C)(C)C(F)(F)F)s4)sc23)cc(C)c1.[Ir]. The molecule has 1 N–H and O–H groups in total. The normalized spacial score (nSPS) is 12.4. The summed E-state index contributed by atoms with van der Waals surface area (Å²) in [7, 11) is 0. The smallest absolute Gasteiger partial charge is 0.394 e. The maximum absolute atomic E-state index is 13.4. The number of nitrogens with zero attached hydrogens (tertiary/aromatic N) is 3. The van der Waals surface area contributed by atoms with Gasteiger partial charge >= 0.3 is 6.18 Å². The Bertz CT molecular complexity index is 1700. The van der Waals surface area contributed by atoms with E-state index in [-0.39, 0.29) is 55.8 Å². The van der Waals surface area contributed by atoms with Crippen molar-refractivity contribution in [1.29, 1.82) is 0 Å². The van der Waals surface area contributed by atoms with Crippen molar-refractivity contribution in [2.45, 2.75) is 113 Å². The predicted molar refractivity (Wildman–Crippen MR) is 194 cm³/mol. The second-order valence-electron chi connectivity index (χ2n) is 13.3. The second-order valence-corrected chi connectivity index (χ2v) is 15.5. The molecule has 0 aliphatic rings. The van der Waals surface area contributed by atoms with E-state index in [4.69, 9.17) is 0 Å². The molecule has 0 unspecified atom stereocenters. The number of aromatic nitrogens is 3. The first-order chi connectivity index (χ1) is 22.5. The zero-order valence-electron chi connectivity index (χ0n) is 30.1. The largest absolute Gasteiger partial charge is 0.512 e. The Morgan fingerprint density at radius 1 is 0.959 bits per heavy atom. The van der Waals surface area contributed by atoms with Gasteiger partial charge in [0.05, 0.1) is 31.5 Å². The molecule has 11 heteroatoms. The van der Waals surface area contributed by atoms with E-state index in [0.717, 1.165) is 73.6 Å².